The summed E-state index contributed by atoms with van der Waals surface area (Å²) in [7, 11) is 0. The van der Waals surface area contributed by atoms with Crippen LogP contribution in [-0.4, -0.2) is 16.1 Å². The highest BCUT2D eigenvalue weighted by molar-refractivity contribution is 8.00. The number of halogens is 2. The van der Waals surface area contributed by atoms with Gasteiger partial charge < -0.3 is 5.32 Å². The Morgan fingerprint density at radius 2 is 1.96 bits per heavy atom. The number of carbonyl (C=O) groups is 1. The molecular formula is C15H12Cl2N2O3S. The molecule has 0 aromatic heterocycles. The first-order chi connectivity index (χ1) is 10.9. The number of amides is 1. The average molecular weight is 371 g/mol. The van der Waals surface area contributed by atoms with Crippen LogP contribution in [0.25, 0.3) is 0 Å². The third kappa shape index (κ3) is 4.60. The second-order valence-electron chi connectivity index (χ2n) is 4.60. The number of nitro groups is 1. The number of hydrogen-bond acceptors (Lipinski definition) is 4. The van der Waals surface area contributed by atoms with Crippen molar-refractivity contribution < 1.29 is 9.72 Å². The molecule has 0 heterocycles. The van der Waals surface area contributed by atoms with E-state index >= 15 is 0 Å². The van der Waals surface area contributed by atoms with Gasteiger partial charge in [-0.05, 0) is 31.2 Å². The van der Waals surface area contributed by atoms with Crippen LogP contribution in [-0.2, 0) is 4.79 Å². The van der Waals surface area contributed by atoms with Crippen molar-refractivity contribution in [2.45, 2.75) is 17.1 Å². The standard InChI is InChI=1S/C15H12Cl2N2O3S/c1-9(23-14-8-10(16)6-7-11(14)17)15(20)18-12-4-2-3-5-13(12)19(21)22/h2-9H,1H3,(H,18,20). The van der Waals surface area contributed by atoms with Gasteiger partial charge in [0.05, 0.1) is 15.2 Å². The second kappa shape index (κ2) is 7.68. The number of nitrogens with one attached hydrogen (secondary N) is 1. The van der Waals surface area contributed by atoms with Crippen LogP contribution in [0.5, 0.6) is 0 Å². The van der Waals surface area contributed by atoms with Crippen molar-refractivity contribution in [3.8, 4) is 0 Å². The Bertz CT molecular complexity index is 755. The Morgan fingerprint density at radius 1 is 1.26 bits per heavy atom. The number of nitrogens with zero attached hydrogens (tertiary/aromatic N) is 1. The zero-order chi connectivity index (χ0) is 17.0. The largest absolute Gasteiger partial charge is 0.319 e. The van der Waals surface area contributed by atoms with Crippen LogP contribution in [0.3, 0.4) is 0 Å². The average Bonchev–Trinajstić information content (AvgIpc) is 2.51. The Labute approximate surface area is 147 Å². The summed E-state index contributed by atoms with van der Waals surface area (Å²) in [5.74, 6) is -0.361. The molecule has 120 valence electrons. The molecule has 5 nitrogen and oxygen atoms in total. The Morgan fingerprint density at radius 3 is 2.65 bits per heavy atom. The summed E-state index contributed by atoms with van der Waals surface area (Å²) in [5.41, 5.74) is 0.00554. The first kappa shape index (κ1) is 17.6. The predicted molar refractivity (Wildman–Crippen MR) is 93.5 cm³/mol. The van der Waals surface area contributed by atoms with Gasteiger partial charge in [0.25, 0.3) is 5.69 Å². The van der Waals surface area contributed by atoms with E-state index in [-0.39, 0.29) is 17.3 Å². The minimum absolute atomic E-state index is 0.154. The molecule has 0 aliphatic carbocycles. The number of hydrogen-bond donors (Lipinski definition) is 1. The molecule has 0 aliphatic heterocycles. The van der Waals surface area contributed by atoms with Gasteiger partial charge in [-0.3, -0.25) is 14.9 Å². The molecule has 2 aromatic carbocycles. The van der Waals surface area contributed by atoms with Crippen LogP contribution in [0.4, 0.5) is 11.4 Å². The normalized spacial score (nSPS) is 11.8. The topological polar surface area (TPSA) is 72.2 Å². The number of anilines is 1. The van der Waals surface area contributed by atoms with Gasteiger partial charge in [0, 0.05) is 16.0 Å². The van der Waals surface area contributed by atoms with E-state index in [0.717, 1.165) is 0 Å². The minimum Gasteiger partial charge on any atom is -0.319 e. The lowest BCUT2D eigenvalue weighted by Crippen LogP contribution is -2.22. The Balaban J connectivity index is 2.12. The fourth-order valence-electron chi connectivity index (χ4n) is 1.78. The maximum Gasteiger partial charge on any atom is 0.292 e. The van der Waals surface area contributed by atoms with E-state index in [1.165, 1.54) is 30.0 Å². The predicted octanol–water partition coefficient (Wildman–Crippen LogP) is 5.02. The zero-order valence-corrected chi connectivity index (χ0v) is 14.3. The molecular weight excluding hydrogens is 359 g/mol. The van der Waals surface area contributed by atoms with E-state index in [1.54, 1.807) is 31.2 Å². The van der Waals surface area contributed by atoms with Crippen molar-refractivity contribution in [1.82, 2.24) is 0 Å². The van der Waals surface area contributed by atoms with Crippen molar-refractivity contribution in [3.63, 3.8) is 0 Å². The van der Waals surface area contributed by atoms with E-state index in [9.17, 15) is 14.9 Å². The van der Waals surface area contributed by atoms with E-state index in [2.05, 4.69) is 5.32 Å². The molecule has 2 aromatic rings. The van der Waals surface area contributed by atoms with Crippen LogP contribution < -0.4 is 5.32 Å². The lowest BCUT2D eigenvalue weighted by atomic mass is 10.2. The van der Waals surface area contributed by atoms with Crippen molar-refractivity contribution in [3.05, 3.63) is 62.6 Å². The Hall–Kier alpha value is -1.76. The maximum absolute atomic E-state index is 12.3. The summed E-state index contributed by atoms with van der Waals surface area (Å²) in [4.78, 5) is 23.4. The van der Waals surface area contributed by atoms with Crippen LogP contribution in [0.15, 0.2) is 47.4 Å². The highest BCUT2D eigenvalue weighted by Gasteiger charge is 2.20. The lowest BCUT2D eigenvalue weighted by molar-refractivity contribution is -0.383. The molecule has 2 rings (SSSR count). The van der Waals surface area contributed by atoms with Gasteiger partial charge in [0.2, 0.25) is 5.91 Å². The number of rotatable bonds is 5. The summed E-state index contributed by atoms with van der Waals surface area (Å²) in [5, 5.41) is 14.0. The molecule has 1 unspecified atom stereocenters. The lowest BCUT2D eigenvalue weighted by Gasteiger charge is -2.13. The first-order valence-corrected chi connectivity index (χ1v) is 8.18. The van der Waals surface area contributed by atoms with Crippen molar-refractivity contribution in [2.24, 2.45) is 0 Å². The number of thioether (sulfide) groups is 1. The van der Waals surface area contributed by atoms with Crippen molar-refractivity contribution in [2.75, 3.05) is 5.32 Å². The monoisotopic (exact) mass is 370 g/mol. The number of benzene rings is 2. The SMILES string of the molecule is CC(Sc1cc(Cl)ccc1Cl)C(=O)Nc1ccccc1[N+](=O)[O-]. The van der Waals surface area contributed by atoms with Crippen LogP contribution >= 0.6 is 35.0 Å². The number of carbonyl (C=O) groups excluding carboxylic acids is 1. The molecule has 0 saturated heterocycles. The number of nitro benzene ring substituents is 1. The quantitative estimate of drug-likeness (QED) is 0.455. The van der Waals surface area contributed by atoms with Crippen molar-refractivity contribution in [1.29, 1.82) is 0 Å². The summed E-state index contributed by atoms with van der Waals surface area (Å²) in [6, 6.07) is 11.0. The molecule has 1 amide bonds. The molecule has 8 heteroatoms. The summed E-state index contributed by atoms with van der Waals surface area (Å²) < 4.78 is 0. The third-order valence-corrected chi connectivity index (χ3v) is 4.76. The molecule has 1 N–H and O–H groups in total. The van der Waals surface area contributed by atoms with Gasteiger partial charge in [-0.25, -0.2) is 0 Å². The highest BCUT2D eigenvalue weighted by Crippen LogP contribution is 2.33. The first-order valence-electron chi connectivity index (χ1n) is 6.54. The molecule has 0 aliphatic rings. The molecule has 0 radical (unpaired) electrons. The van der Waals surface area contributed by atoms with E-state index < -0.39 is 10.2 Å². The van der Waals surface area contributed by atoms with Crippen LogP contribution in [0.1, 0.15) is 6.92 Å². The maximum atomic E-state index is 12.3. The van der Waals surface area contributed by atoms with Gasteiger partial charge in [-0.2, -0.15) is 0 Å². The van der Waals surface area contributed by atoms with Crippen LogP contribution in [0.2, 0.25) is 10.0 Å². The van der Waals surface area contributed by atoms with Gasteiger partial charge in [-0.15, -0.1) is 11.8 Å². The van der Waals surface area contributed by atoms with Gasteiger partial charge in [0.15, 0.2) is 0 Å². The van der Waals surface area contributed by atoms with E-state index in [4.69, 9.17) is 23.2 Å². The Kier molecular flexibility index (Phi) is 5.87. The summed E-state index contributed by atoms with van der Waals surface area (Å²) in [6.07, 6.45) is 0. The van der Waals surface area contributed by atoms with E-state index in [1.807, 2.05) is 0 Å². The minimum atomic E-state index is -0.540. The van der Waals surface area contributed by atoms with Gasteiger partial charge >= 0.3 is 0 Å². The third-order valence-electron chi connectivity index (χ3n) is 2.92. The summed E-state index contributed by atoms with van der Waals surface area (Å²) >= 11 is 13.2. The van der Waals surface area contributed by atoms with Gasteiger partial charge in [0.1, 0.15) is 5.69 Å². The second-order valence-corrected chi connectivity index (χ2v) is 6.82. The van der Waals surface area contributed by atoms with E-state index in [0.29, 0.717) is 14.9 Å². The fraction of sp³-hybridized carbons (Fsp3) is 0.133. The van der Waals surface area contributed by atoms with Gasteiger partial charge in [-0.1, -0.05) is 35.3 Å². The molecule has 0 spiro atoms. The van der Waals surface area contributed by atoms with Crippen molar-refractivity contribution >= 4 is 52.2 Å². The highest BCUT2D eigenvalue weighted by atomic mass is 35.5. The van der Waals surface area contributed by atoms with Crippen LogP contribution in [0, 0.1) is 10.1 Å². The molecule has 0 bridgehead atoms. The molecule has 1 atom stereocenters. The summed E-state index contributed by atoms with van der Waals surface area (Å²) in [6.45, 7) is 1.69. The zero-order valence-electron chi connectivity index (χ0n) is 12.0. The molecule has 23 heavy (non-hydrogen) atoms. The number of para-hydroxylation sites is 2. The fourth-order valence-corrected chi connectivity index (χ4v) is 3.19. The molecule has 0 saturated carbocycles. The molecule has 0 fully saturated rings. The smallest absolute Gasteiger partial charge is 0.292 e.